The predicted octanol–water partition coefficient (Wildman–Crippen LogP) is 4.76. The number of anilines is 1. The Hall–Kier alpha value is -2.74. The molecular formula is C23H26N2. The maximum absolute atomic E-state index is 4.19. The zero-order chi connectivity index (χ0) is 18.0. The third-order valence-corrected chi connectivity index (χ3v) is 4.75. The van der Waals surface area contributed by atoms with E-state index in [2.05, 4.69) is 94.4 Å². The molecule has 0 aliphatic rings. The predicted molar refractivity (Wildman–Crippen MR) is 105 cm³/mol. The van der Waals surface area contributed by atoms with Gasteiger partial charge < -0.3 is 9.47 Å². The van der Waals surface area contributed by atoms with Gasteiger partial charge >= 0.3 is 0 Å². The number of aryl methyl sites for hydroxylation is 3. The summed E-state index contributed by atoms with van der Waals surface area (Å²) in [4.78, 5) is 2.37. The van der Waals surface area contributed by atoms with E-state index in [-0.39, 0.29) is 6.04 Å². The highest BCUT2D eigenvalue weighted by Crippen LogP contribution is 2.34. The SMILES string of the molecule is [CH2-][n+]1ccccc1C(c1ccccc1)N(C)c1c(C)cc(C)cc1C. The molecule has 0 amide bonds. The van der Waals surface area contributed by atoms with Gasteiger partial charge in [0.25, 0.3) is 0 Å². The lowest BCUT2D eigenvalue weighted by Gasteiger charge is -2.34. The summed E-state index contributed by atoms with van der Waals surface area (Å²) in [5.74, 6) is 0. The van der Waals surface area contributed by atoms with Crippen LogP contribution in [0.3, 0.4) is 0 Å². The van der Waals surface area contributed by atoms with E-state index in [9.17, 15) is 0 Å². The Morgan fingerprint density at radius 2 is 1.48 bits per heavy atom. The molecule has 0 bridgehead atoms. The summed E-state index contributed by atoms with van der Waals surface area (Å²) in [7, 11) is 6.37. The monoisotopic (exact) mass is 330 g/mol. The van der Waals surface area contributed by atoms with Gasteiger partial charge in [-0.1, -0.05) is 66.2 Å². The van der Waals surface area contributed by atoms with Crippen LogP contribution in [0.1, 0.15) is 34.0 Å². The van der Waals surface area contributed by atoms with Gasteiger partial charge in [0, 0.05) is 19.8 Å². The Balaban J connectivity index is 2.18. The van der Waals surface area contributed by atoms with Crippen LogP contribution in [-0.4, -0.2) is 7.05 Å². The van der Waals surface area contributed by atoms with E-state index in [0.717, 1.165) is 5.69 Å². The molecule has 0 radical (unpaired) electrons. The van der Waals surface area contributed by atoms with E-state index in [1.54, 1.807) is 0 Å². The molecule has 2 nitrogen and oxygen atoms in total. The molecule has 3 rings (SSSR count). The van der Waals surface area contributed by atoms with Crippen molar-refractivity contribution >= 4 is 5.69 Å². The van der Waals surface area contributed by atoms with E-state index >= 15 is 0 Å². The molecular weight excluding hydrogens is 304 g/mol. The molecule has 128 valence electrons. The third-order valence-electron chi connectivity index (χ3n) is 4.75. The van der Waals surface area contributed by atoms with Crippen molar-refractivity contribution in [3.63, 3.8) is 0 Å². The van der Waals surface area contributed by atoms with Crippen molar-refractivity contribution in [1.29, 1.82) is 0 Å². The van der Waals surface area contributed by atoms with Crippen LogP contribution in [0.5, 0.6) is 0 Å². The molecule has 2 heteroatoms. The molecule has 1 unspecified atom stereocenters. The molecule has 1 aromatic heterocycles. The van der Waals surface area contributed by atoms with E-state index in [1.807, 2.05) is 16.8 Å². The standard InChI is InChI=1S/C23H26N2/c1-17-15-18(2)22(19(3)16-17)25(5)23(20-11-7-6-8-12-20)21-13-9-10-14-24(21)4/h6-16,23H,4H2,1-3,5H3. The van der Waals surface area contributed by atoms with Gasteiger partial charge in [-0.25, -0.2) is 0 Å². The highest BCUT2D eigenvalue weighted by Gasteiger charge is 2.24. The number of benzene rings is 2. The molecule has 0 aliphatic heterocycles. The first-order valence-electron chi connectivity index (χ1n) is 8.66. The van der Waals surface area contributed by atoms with Gasteiger partial charge in [-0.2, -0.15) is 0 Å². The van der Waals surface area contributed by atoms with Crippen LogP contribution < -0.4 is 9.47 Å². The van der Waals surface area contributed by atoms with E-state index in [1.165, 1.54) is 27.9 Å². The molecule has 0 N–H and O–H groups in total. The second-order valence-corrected chi connectivity index (χ2v) is 6.77. The van der Waals surface area contributed by atoms with Crippen molar-refractivity contribution in [2.45, 2.75) is 26.8 Å². The molecule has 0 saturated carbocycles. The first-order valence-corrected chi connectivity index (χ1v) is 8.66. The molecule has 0 fully saturated rings. The average molecular weight is 330 g/mol. The van der Waals surface area contributed by atoms with Gasteiger partial charge in [0.05, 0.1) is 12.2 Å². The van der Waals surface area contributed by atoms with Crippen LogP contribution in [0.2, 0.25) is 0 Å². The van der Waals surface area contributed by atoms with Gasteiger partial charge in [0.15, 0.2) is 0 Å². The van der Waals surface area contributed by atoms with Crippen LogP contribution in [0.4, 0.5) is 5.69 Å². The van der Waals surface area contributed by atoms with Gasteiger partial charge in [0.2, 0.25) is 0 Å². The van der Waals surface area contributed by atoms with Gasteiger partial charge in [0.1, 0.15) is 5.69 Å². The zero-order valence-corrected chi connectivity index (χ0v) is 15.5. The van der Waals surface area contributed by atoms with Crippen LogP contribution in [0.25, 0.3) is 0 Å². The molecule has 2 aromatic carbocycles. The number of rotatable bonds is 4. The minimum atomic E-state index is 0.0972. The van der Waals surface area contributed by atoms with Crippen molar-refractivity contribution in [3.8, 4) is 0 Å². The fourth-order valence-electron chi connectivity index (χ4n) is 3.82. The number of hydrogen-bond donors (Lipinski definition) is 0. The average Bonchev–Trinajstić information content (AvgIpc) is 2.57. The van der Waals surface area contributed by atoms with Crippen molar-refractivity contribution in [1.82, 2.24) is 0 Å². The van der Waals surface area contributed by atoms with Gasteiger partial charge in [-0.05, 0) is 37.5 Å². The smallest absolute Gasteiger partial charge is 0.109 e. The van der Waals surface area contributed by atoms with E-state index < -0.39 is 0 Å². The zero-order valence-electron chi connectivity index (χ0n) is 15.5. The molecule has 25 heavy (non-hydrogen) atoms. The number of aromatic nitrogens is 1. The van der Waals surface area contributed by atoms with Gasteiger partial charge in [-0.3, -0.25) is 0 Å². The van der Waals surface area contributed by atoms with Crippen LogP contribution >= 0.6 is 0 Å². The topological polar surface area (TPSA) is 7.12 Å². The Kier molecular flexibility index (Phi) is 4.80. The summed E-state index contributed by atoms with van der Waals surface area (Å²) in [6, 6.07) is 21.5. The van der Waals surface area contributed by atoms with Crippen molar-refractivity contribution in [3.05, 3.63) is 102 Å². The maximum atomic E-state index is 4.19. The van der Waals surface area contributed by atoms with Crippen molar-refractivity contribution in [2.24, 2.45) is 0 Å². The normalized spacial score (nSPS) is 12.0. The molecule has 0 saturated heterocycles. The lowest BCUT2D eigenvalue weighted by atomic mass is 9.97. The van der Waals surface area contributed by atoms with Gasteiger partial charge in [-0.15, -0.1) is 0 Å². The Bertz CT molecular complexity index is 845. The molecule has 0 spiro atoms. The lowest BCUT2D eigenvalue weighted by Crippen LogP contribution is -2.38. The lowest BCUT2D eigenvalue weighted by molar-refractivity contribution is -0.621. The Morgan fingerprint density at radius 3 is 2.08 bits per heavy atom. The maximum Gasteiger partial charge on any atom is 0.109 e. The van der Waals surface area contributed by atoms with E-state index in [4.69, 9.17) is 0 Å². The van der Waals surface area contributed by atoms with Crippen LogP contribution in [0, 0.1) is 27.8 Å². The Labute approximate surface area is 151 Å². The second kappa shape index (κ2) is 7.02. The Morgan fingerprint density at radius 1 is 0.880 bits per heavy atom. The van der Waals surface area contributed by atoms with Crippen molar-refractivity contribution in [2.75, 3.05) is 11.9 Å². The summed E-state index contributed by atoms with van der Waals surface area (Å²) < 4.78 is 1.97. The third kappa shape index (κ3) is 3.39. The minimum Gasteiger partial charge on any atom is -0.368 e. The van der Waals surface area contributed by atoms with Crippen LogP contribution in [-0.2, 0) is 0 Å². The number of hydrogen-bond acceptors (Lipinski definition) is 1. The minimum absolute atomic E-state index is 0.0972. The summed E-state index contributed by atoms with van der Waals surface area (Å²) in [6.07, 6.45) is 2.01. The number of pyridine rings is 1. The molecule has 0 aliphatic carbocycles. The van der Waals surface area contributed by atoms with Crippen LogP contribution in [0.15, 0.2) is 66.9 Å². The fraction of sp³-hybridized carbons (Fsp3) is 0.217. The summed E-state index contributed by atoms with van der Waals surface area (Å²) in [5.41, 5.74) is 7.60. The molecule has 3 aromatic rings. The second-order valence-electron chi connectivity index (χ2n) is 6.77. The molecule has 1 atom stereocenters. The first kappa shape index (κ1) is 17.1. The highest BCUT2D eigenvalue weighted by molar-refractivity contribution is 5.62. The fourth-order valence-corrected chi connectivity index (χ4v) is 3.82. The molecule has 1 heterocycles. The highest BCUT2D eigenvalue weighted by atomic mass is 15.2. The summed E-state index contributed by atoms with van der Waals surface area (Å²) >= 11 is 0. The van der Waals surface area contributed by atoms with E-state index in [0.29, 0.717) is 0 Å². The number of nitrogens with zero attached hydrogens (tertiary/aromatic N) is 2. The largest absolute Gasteiger partial charge is 0.368 e. The summed E-state index contributed by atoms with van der Waals surface area (Å²) in [5, 5.41) is 0. The summed E-state index contributed by atoms with van der Waals surface area (Å²) in [6.45, 7) is 6.54. The first-order chi connectivity index (χ1) is 12.0. The quantitative estimate of drug-likeness (QED) is 0.494. The van der Waals surface area contributed by atoms with Crippen molar-refractivity contribution < 1.29 is 4.57 Å².